The second-order valence-electron chi connectivity index (χ2n) is 7.31. The van der Waals surface area contributed by atoms with Crippen molar-refractivity contribution in [2.45, 2.75) is 19.0 Å². The largest absolute Gasteiger partial charge is 0.326 e. The van der Waals surface area contributed by atoms with Crippen LogP contribution in [0.15, 0.2) is 78.2 Å². The van der Waals surface area contributed by atoms with Crippen molar-refractivity contribution in [3.05, 3.63) is 78.6 Å². The van der Waals surface area contributed by atoms with Crippen LogP contribution in [0, 0.1) is 6.92 Å². The number of anilines is 2. The number of thioether (sulfide) groups is 1. The van der Waals surface area contributed by atoms with E-state index in [0.717, 1.165) is 16.8 Å². The Morgan fingerprint density at radius 2 is 1.64 bits per heavy atom. The van der Waals surface area contributed by atoms with Gasteiger partial charge in [-0.05, 0) is 55.5 Å². The highest BCUT2D eigenvalue weighted by Crippen LogP contribution is 2.28. The molecule has 33 heavy (non-hydrogen) atoms. The van der Waals surface area contributed by atoms with Gasteiger partial charge in [-0.25, -0.2) is 0 Å². The Morgan fingerprint density at radius 3 is 2.27 bits per heavy atom. The molecule has 0 aliphatic carbocycles. The summed E-state index contributed by atoms with van der Waals surface area (Å²) < 4.78 is 1.93. The monoisotopic (exact) mass is 458 g/mol. The average Bonchev–Trinajstić information content (AvgIpc) is 3.24. The van der Waals surface area contributed by atoms with Crippen LogP contribution in [0.3, 0.4) is 0 Å². The van der Waals surface area contributed by atoms with E-state index >= 15 is 0 Å². The lowest BCUT2D eigenvalue weighted by molar-refractivity contribution is -0.114. The maximum absolute atomic E-state index is 12.5. The molecule has 0 spiro atoms. The topological polar surface area (TPSA) is 102 Å². The first-order valence-electron chi connectivity index (χ1n) is 10.2. The lowest BCUT2D eigenvalue weighted by Crippen LogP contribution is -2.14. The van der Waals surface area contributed by atoms with Gasteiger partial charge >= 0.3 is 0 Å². The number of carbonyl (C=O) groups excluding carboxylic acids is 2. The smallest absolute Gasteiger partial charge is 0.234 e. The summed E-state index contributed by atoms with van der Waals surface area (Å²) in [6.07, 6.45) is 3.44. The number of nitrogens with one attached hydrogen (secondary N) is 2. The lowest BCUT2D eigenvalue weighted by atomic mass is 10.2. The van der Waals surface area contributed by atoms with Crippen molar-refractivity contribution in [2.24, 2.45) is 0 Å². The second kappa shape index (κ2) is 10.1. The standard InChI is InChI=1S/C24H22N6O2S/c1-16-5-11-21(12-6-16)30-23(18-4-3-13-25-14-18)28-29-24(30)33-15-22(32)27-20-9-7-19(8-10-20)26-17(2)31/h3-14H,15H2,1-2H3,(H,26,31)(H,27,32). The van der Waals surface area contributed by atoms with E-state index in [0.29, 0.717) is 22.4 Å². The number of hydrogen-bond donors (Lipinski definition) is 2. The van der Waals surface area contributed by atoms with Crippen LogP contribution in [-0.4, -0.2) is 37.3 Å². The Kier molecular flexibility index (Phi) is 6.80. The van der Waals surface area contributed by atoms with Crippen molar-refractivity contribution in [1.82, 2.24) is 19.7 Å². The summed E-state index contributed by atoms with van der Waals surface area (Å²) in [4.78, 5) is 27.9. The highest BCUT2D eigenvalue weighted by atomic mass is 32.2. The summed E-state index contributed by atoms with van der Waals surface area (Å²) in [7, 11) is 0. The Balaban J connectivity index is 1.51. The number of hydrogen-bond acceptors (Lipinski definition) is 6. The van der Waals surface area contributed by atoms with Gasteiger partial charge in [0.25, 0.3) is 0 Å². The molecule has 0 saturated heterocycles. The lowest BCUT2D eigenvalue weighted by Gasteiger charge is -2.11. The van der Waals surface area contributed by atoms with Crippen LogP contribution in [0.2, 0.25) is 0 Å². The van der Waals surface area contributed by atoms with Gasteiger partial charge in [-0.2, -0.15) is 0 Å². The average molecular weight is 459 g/mol. The molecule has 166 valence electrons. The normalized spacial score (nSPS) is 10.6. The number of aryl methyl sites for hydroxylation is 1. The molecule has 0 unspecified atom stereocenters. The van der Waals surface area contributed by atoms with Crippen LogP contribution in [0.1, 0.15) is 12.5 Å². The molecular formula is C24H22N6O2S. The molecule has 2 N–H and O–H groups in total. The van der Waals surface area contributed by atoms with Crippen molar-refractivity contribution < 1.29 is 9.59 Å². The van der Waals surface area contributed by atoms with Crippen LogP contribution < -0.4 is 10.6 Å². The van der Waals surface area contributed by atoms with E-state index in [4.69, 9.17) is 0 Å². The minimum Gasteiger partial charge on any atom is -0.326 e. The SMILES string of the molecule is CC(=O)Nc1ccc(NC(=O)CSc2nnc(-c3cccnc3)n2-c2ccc(C)cc2)cc1. The zero-order chi connectivity index (χ0) is 23.2. The van der Waals surface area contributed by atoms with E-state index in [1.807, 2.05) is 47.9 Å². The Labute approximate surface area is 195 Å². The third kappa shape index (κ3) is 5.64. The molecule has 2 aromatic carbocycles. The molecule has 4 rings (SSSR count). The summed E-state index contributed by atoms with van der Waals surface area (Å²) in [6, 6.07) is 18.8. The molecule has 9 heteroatoms. The molecule has 0 aliphatic rings. The number of pyridine rings is 1. The molecule has 0 saturated carbocycles. The van der Waals surface area contributed by atoms with Gasteiger partial charge in [-0.15, -0.1) is 10.2 Å². The van der Waals surface area contributed by atoms with Crippen LogP contribution in [0.4, 0.5) is 11.4 Å². The molecule has 2 heterocycles. The molecular weight excluding hydrogens is 436 g/mol. The fourth-order valence-electron chi connectivity index (χ4n) is 3.14. The molecule has 8 nitrogen and oxygen atoms in total. The van der Waals surface area contributed by atoms with E-state index in [9.17, 15) is 9.59 Å². The van der Waals surface area contributed by atoms with Crippen molar-refractivity contribution in [1.29, 1.82) is 0 Å². The van der Waals surface area contributed by atoms with Gasteiger partial charge in [-0.3, -0.25) is 19.1 Å². The summed E-state index contributed by atoms with van der Waals surface area (Å²) in [5.74, 6) is 0.494. The van der Waals surface area contributed by atoms with Crippen molar-refractivity contribution in [3.63, 3.8) is 0 Å². The summed E-state index contributed by atoms with van der Waals surface area (Å²) in [6.45, 7) is 3.47. The number of nitrogens with zero attached hydrogens (tertiary/aromatic N) is 4. The number of benzene rings is 2. The molecule has 2 aromatic heterocycles. The maximum atomic E-state index is 12.5. The summed E-state index contributed by atoms with van der Waals surface area (Å²) in [5, 5.41) is 14.9. The molecule has 4 aromatic rings. The van der Waals surface area contributed by atoms with Crippen molar-refractivity contribution >= 4 is 35.0 Å². The molecule has 0 radical (unpaired) electrons. The van der Waals surface area contributed by atoms with Gasteiger partial charge < -0.3 is 10.6 Å². The van der Waals surface area contributed by atoms with Gasteiger partial charge in [0.2, 0.25) is 11.8 Å². The molecule has 0 atom stereocenters. The fourth-order valence-corrected chi connectivity index (χ4v) is 3.89. The molecule has 0 fully saturated rings. The third-order valence-corrected chi connectivity index (χ3v) is 5.60. The molecule has 0 aliphatic heterocycles. The fraction of sp³-hybridized carbons (Fsp3) is 0.125. The zero-order valence-corrected chi connectivity index (χ0v) is 19.0. The Hall–Kier alpha value is -3.98. The van der Waals surface area contributed by atoms with E-state index in [-0.39, 0.29) is 17.6 Å². The predicted octanol–water partition coefficient (Wildman–Crippen LogP) is 4.33. The van der Waals surface area contributed by atoms with Gasteiger partial charge in [0.1, 0.15) is 0 Å². The second-order valence-corrected chi connectivity index (χ2v) is 8.26. The van der Waals surface area contributed by atoms with Gasteiger partial charge in [0.15, 0.2) is 11.0 Å². The predicted molar refractivity (Wildman–Crippen MR) is 129 cm³/mol. The Morgan fingerprint density at radius 1 is 0.939 bits per heavy atom. The highest BCUT2D eigenvalue weighted by Gasteiger charge is 2.17. The third-order valence-electron chi connectivity index (χ3n) is 4.67. The van der Waals surface area contributed by atoms with E-state index in [2.05, 4.69) is 25.8 Å². The van der Waals surface area contributed by atoms with Crippen molar-refractivity contribution in [3.8, 4) is 17.1 Å². The first-order valence-corrected chi connectivity index (χ1v) is 11.2. The van der Waals surface area contributed by atoms with Crippen LogP contribution in [0.5, 0.6) is 0 Å². The van der Waals surface area contributed by atoms with Crippen LogP contribution >= 0.6 is 11.8 Å². The van der Waals surface area contributed by atoms with Gasteiger partial charge in [0, 0.05) is 41.9 Å². The number of carbonyl (C=O) groups is 2. The first kappa shape index (κ1) is 22.2. The van der Waals surface area contributed by atoms with Crippen LogP contribution in [-0.2, 0) is 9.59 Å². The minimum atomic E-state index is -0.173. The number of rotatable bonds is 7. The zero-order valence-electron chi connectivity index (χ0n) is 18.1. The molecule has 0 bridgehead atoms. The van der Waals surface area contributed by atoms with Crippen molar-refractivity contribution in [2.75, 3.05) is 16.4 Å². The van der Waals surface area contributed by atoms with E-state index in [1.54, 1.807) is 36.7 Å². The maximum Gasteiger partial charge on any atom is 0.234 e. The highest BCUT2D eigenvalue weighted by molar-refractivity contribution is 7.99. The minimum absolute atomic E-state index is 0.147. The van der Waals surface area contributed by atoms with E-state index in [1.165, 1.54) is 18.7 Å². The first-order chi connectivity index (χ1) is 16.0. The Bertz CT molecular complexity index is 1250. The summed E-state index contributed by atoms with van der Waals surface area (Å²) in [5.41, 5.74) is 4.20. The van der Waals surface area contributed by atoms with E-state index < -0.39 is 0 Å². The molecule has 2 amide bonds. The van der Waals surface area contributed by atoms with Gasteiger partial charge in [-0.1, -0.05) is 29.5 Å². The number of aromatic nitrogens is 4. The van der Waals surface area contributed by atoms with Crippen LogP contribution in [0.25, 0.3) is 17.1 Å². The number of amides is 2. The quantitative estimate of drug-likeness (QED) is 0.400. The van der Waals surface area contributed by atoms with Gasteiger partial charge in [0.05, 0.1) is 5.75 Å². The summed E-state index contributed by atoms with van der Waals surface area (Å²) >= 11 is 1.30.